The SMILES string of the molecule is CCCNC(CSCC)c1ccc(OC)cc1F. The van der Waals surface area contributed by atoms with Crippen molar-refractivity contribution in [3.8, 4) is 5.75 Å². The molecule has 2 nitrogen and oxygen atoms in total. The zero-order chi connectivity index (χ0) is 13.4. The van der Waals surface area contributed by atoms with E-state index in [0.717, 1.165) is 30.0 Å². The molecule has 0 aliphatic carbocycles. The van der Waals surface area contributed by atoms with E-state index in [-0.39, 0.29) is 11.9 Å². The van der Waals surface area contributed by atoms with E-state index in [9.17, 15) is 4.39 Å². The third-order valence-electron chi connectivity index (χ3n) is 2.71. The summed E-state index contributed by atoms with van der Waals surface area (Å²) < 4.78 is 19.0. The first-order valence-electron chi connectivity index (χ1n) is 6.37. The van der Waals surface area contributed by atoms with Gasteiger partial charge in [0.2, 0.25) is 0 Å². The summed E-state index contributed by atoms with van der Waals surface area (Å²) in [7, 11) is 1.55. The molecule has 0 bridgehead atoms. The molecule has 1 unspecified atom stereocenters. The smallest absolute Gasteiger partial charge is 0.131 e. The third-order valence-corrected chi connectivity index (χ3v) is 3.69. The monoisotopic (exact) mass is 271 g/mol. The fraction of sp³-hybridized carbons (Fsp3) is 0.571. The molecule has 0 aliphatic heterocycles. The quantitative estimate of drug-likeness (QED) is 0.780. The van der Waals surface area contributed by atoms with Crippen LogP contribution in [0.5, 0.6) is 5.75 Å². The Morgan fingerprint density at radius 1 is 1.39 bits per heavy atom. The van der Waals surface area contributed by atoms with Gasteiger partial charge in [-0.15, -0.1) is 0 Å². The molecule has 0 amide bonds. The molecule has 0 aromatic heterocycles. The van der Waals surface area contributed by atoms with Crippen LogP contribution < -0.4 is 10.1 Å². The number of ether oxygens (including phenoxy) is 1. The van der Waals surface area contributed by atoms with Gasteiger partial charge < -0.3 is 10.1 Å². The molecule has 0 aliphatic rings. The number of halogens is 1. The summed E-state index contributed by atoms with van der Waals surface area (Å²) in [6.45, 7) is 5.13. The van der Waals surface area contributed by atoms with E-state index >= 15 is 0 Å². The van der Waals surface area contributed by atoms with Crippen LogP contribution in [-0.4, -0.2) is 25.2 Å². The lowest BCUT2D eigenvalue weighted by atomic mass is 10.1. The molecule has 1 aromatic rings. The molecule has 18 heavy (non-hydrogen) atoms. The summed E-state index contributed by atoms with van der Waals surface area (Å²) in [5.41, 5.74) is 0.727. The first-order valence-corrected chi connectivity index (χ1v) is 7.52. The maximum atomic E-state index is 14.0. The van der Waals surface area contributed by atoms with E-state index in [1.54, 1.807) is 7.11 Å². The van der Waals surface area contributed by atoms with Crippen LogP contribution in [0.1, 0.15) is 31.9 Å². The average molecular weight is 271 g/mol. The highest BCUT2D eigenvalue weighted by molar-refractivity contribution is 7.99. The lowest BCUT2D eigenvalue weighted by molar-refractivity contribution is 0.409. The Labute approximate surface area is 113 Å². The Morgan fingerprint density at radius 2 is 2.17 bits per heavy atom. The lowest BCUT2D eigenvalue weighted by Crippen LogP contribution is -2.25. The highest BCUT2D eigenvalue weighted by atomic mass is 32.2. The van der Waals surface area contributed by atoms with Gasteiger partial charge in [0.1, 0.15) is 11.6 Å². The van der Waals surface area contributed by atoms with Crippen molar-refractivity contribution in [1.82, 2.24) is 5.32 Å². The standard InChI is InChI=1S/C14H22FNOS/c1-4-8-16-14(10-18-5-2)12-7-6-11(17-3)9-13(12)15/h6-7,9,14,16H,4-5,8,10H2,1-3H3. The number of nitrogens with one attached hydrogen (secondary N) is 1. The molecule has 1 aromatic carbocycles. The molecule has 0 saturated heterocycles. The van der Waals surface area contributed by atoms with E-state index in [0.29, 0.717) is 5.75 Å². The first-order chi connectivity index (χ1) is 8.72. The van der Waals surface area contributed by atoms with E-state index in [4.69, 9.17) is 4.74 Å². The van der Waals surface area contributed by atoms with E-state index in [1.165, 1.54) is 6.07 Å². The molecule has 1 rings (SSSR count). The van der Waals surface area contributed by atoms with Crippen molar-refractivity contribution in [3.63, 3.8) is 0 Å². The predicted octanol–water partition coefficient (Wildman–Crippen LogP) is 3.63. The van der Waals surface area contributed by atoms with Gasteiger partial charge in [-0.05, 0) is 24.8 Å². The molecule has 1 N–H and O–H groups in total. The minimum Gasteiger partial charge on any atom is -0.497 e. The highest BCUT2D eigenvalue weighted by Crippen LogP contribution is 2.24. The summed E-state index contributed by atoms with van der Waals surface area (Å²) in [5.74, 6) is 2.30. The second-order valence-corrected chi connectivity index (χ2v) is 5.37. The Morgan fingerprint density at radius 3 is 2.72 bits per heavy atom. The Bertz CT molecular complexity index is 352. The summed E-state index contributed by atoms with van der Waals surface area (Å²) in [6, 6.07) is 5.15. The zero-order valence-electron chi connectivity index (χ0n) is 11.3. The van der Waals surface area contributed by atoms with E-state index < -0.39 is 0 Å². The van der Waals surface area contributed by atoms with Gasteiger partial charge in [0.25, 0.3) is 0 Å². The van der Waals surface area contributed by atoms with Crippen molar-refractivity contribution in [2.75, 3.05) is 25.2 Å². The molecule has 0 saturated carbocycles. The van der Waals surface area contributed by atoms with Crippen molar-refractivity contribution in [3.05, 3.63) is 29.6 Å². The van der Waals surface area contributed by atoms with Gasteiger partial charge in [-0.2, -0.15) is 11.8 Å². The van der Waals surface area contributed by atoms with Gasteiger partial charge in [0.15, 0.2) is 0 Å². The molecule has 4 heteroatoms. The zero-order valence-corrected chi connectivity index (χ0v) is 12.1. The molecule has 1 atom stereocenters. The summed E-state index contributed by atoms with van der Waals surface area (Å²) >= 11 is 1.82. The Balaban J connectivity index is 2.82. The molecule has 102 valence electrons. The van der Waals surface area contributed by atoms with E-state index in [1.807, 2.05) is 23.9 Å². The maximum absolute atomic E-state index is 14.0. The predicted molar refractivity (Wildman–Crippen MR) is 77.0 cm³/mol. The van der Waals surface area contributed by atoms with Crippen LogP contribution in [0.3, 0.4) is 0 Å². The van der Waals surface area contributed by atoms with Crippen molar-refractivity contribution < 1.29 is 9.13 Å². The van der Waals surface area contributed by atoms with Gasteiger partial charge in [-0.25, -0.2) is 4.39 Å². The molecule has 0 fully saturated rings. The molecular formula is C14H22FNOS. The van der Waals surface area contributed by atoms with Crippen LogP contribution in [0, 0.1) is 5.82 Å². The maximum Gasteiger partial charge on any atom is 0.131 e. The fourth-order valence-electron chi connectivity index (χ4n) is 1.73. The van der Waals surface area contributed by atoms with Crippen LogP contribution in [0.15, 0.2) is 18.2 Å². The normalized spacial score (nSPS) is 12.4. The fourth-order valence-corrected chi connectivity index (χ4v) is 2.50. The van der Waals surface area contributed by atoms with Gasteiger partial charge in [-0.1, -0.05) is 19.9 Å². The van der Waals surface area contributed by atoms with Gasteiger partial charge in [0.05, 0.1) is 7.11 Å². The molecule has 0 radical (unpaired) electrons. The topological polar surface area (TPSA) is 21.3 Å². The van der Waals surface area contributed by atoms with Gasteiger partial charge in [-0.3, -0.25) is 0 Å². The minimum absolute atomic E-state index is 0.0702. The summed E-state index contributed by atoms with van der Waals surface area (Å²) in [6.07, 6.45) is 1.05. The number of thioether (sulfide) groups is 1. The van der Waals surface area contributed by atoms with Crippen molar-refractivity contribution in [1.29, 1.82) is 0 Å². The first kappa shape index (κ1) is 15.3. The Hall–Kier alpha value is -0.740. The number of methoxy groups -OCH3 is 1. The molecule has 0 spiro atoms. The number of rotatable bonds is 8. The largest absolute Gasteiger partial charge is 0.497 e. The highest BCUT2D eigenvalue weighted by Gasteiger charge is 2.15. The summed E-state index contributed by atoms with van der Waals surface area (Å²) in [4.78, 5) is 0. The van der Waals surface area contributed by atoms with Crippen LogP contribution in [0.4, 0.5) is 4.39 Å². The van der Waals surface area contributed by atoms with Gasteiger partial charge in [0, 0.05) is 23.4 Å². The number of hydrogen-bond donors (Lipinski definition) is 1. The second kappa shape index (κ2) is 8.38. The van der Waals surface area contributed by atoms with Crippen molar-refractivity contribution in [2.24, 2.45) is 0 Å². The van der Waals surface area contributed by atoms with Crippen molar-refractivity contribution >= 4 is 11.8 Å². The van der Waals surface area contributed by atoms with Crippen LogP contribution >= 0.6 is 11.8 Å². The van der Waals surface area contributed by atoms with Gasteiger partial charge >= 0.3 is 0 Å². The molecule has 0 heterocycles. The van der Waals surface area contributed by atoms with E-state index in [2.05, 4.69) is 19.2 Å². The minimum atomic E-state index is -0.195. The Kier molecular flexibility index (Phi) is 7.13. The number of hydrogen-bond acceptors (Lipinski definition) is 3. The molecular weight excluding hydrogens is 249 g/mol. The lowest BCUT2D eigenvalue weighted by Gasteiger charge is -2.19. The van der Waals surface area contributed by atoms with Crippen LogP contribution in [-0.2, 0) is 0 Å². The number of benzene rings is 1. The van der Waals surface area contributed by atoms with Crippen LogP contribution in [0.25, 0.3) is 0 Å². The average Bonchev–Trinajstić information content (AvgIpc) is 2.39. The summed E-state index contributed by atoms with van der Waals surface area (Å²) in [5, 5.41) is 3.40. The van der Waals surface area contributed by atoms with Crippen LogP contribution in [0.2, 0.25) is 0 Å². The second-order valence-electron chi connectivity index (χ2n) is 4.05. The third kappa shape index (κ3) is 4.50. The van der Waals surface area contributed by atoms with Crippen molar-refractivity contribution in [2.45, 2.75) is 26.3 Å².